The minimum atomic E-state index is -0.836. The number of nitrogens with zero attached hydrogens (tertiary/aromatic N) is 2. The molecule has 210 valence electrons. The third-order valence-corrected chi connectivity index (χ3v) is 6.96. The number of Topliss-reactive ketones (excluding diaryl/α,β-unsaturated/α-hetero) is 1. The number of methoxy groups -OCH3 is 2. The molecule has 39 heavy (non-hydrogen) atoms. The van der Waals surface area contributed by atoms with Gasteiger partial charge < -0.3 is 29.0 Å². The first kappa shape index (κ1) is 28.4. The number of morpholine rings is 1. The molecule has 1 atom stereocenters. The van der Waals surface area contributed by atoms with E-state index in [-0.39, 0.29) is 11.3 Å². The number of hydrogen-bond acceptors (Lipinski definition) is 8. The predicted octanol–water partition coefficient (Wildman–Crippen LogP) is 3.88. The summed E-state index contributed by atoms with van der Waals surface area (Å²) in [6.07, 6.45) is 0.664. The highest BCUT2D eigenvalue weighted by Crippen LogP contribution is 2.45. The molecule has 9 heteroatoms. The van der Waals surface area contributed by atoms with E-state index in [9.17, 15) is 14.7 Å². The van der Waals surface area contributed by atoms with Gasteiger partial charge in [0.05, 0.1) is 45.7 Å². The molecule has 2 aliphatic heterocycles. The summed E-state index contributed by atoms with van der Waals surface area (Å²) in [7, 11) is 3.05. The van der Waals surface area contributed by atoms with Gasteiger partial charge in [0.25, 0.3) is 11.7 Å². The molecule has 0 bridgehead atoms. The standard InChI is InChI=1S/C30H38N2O7/c1-20(2)19-39-22-11-9-21(10-12-22)27(33)25-26(23-7-5-8-24(36-3)29(23)37-4)32(30(35)28(25)34)14-6-13-31-15-17-38-18-16-31/h5,7-12,20,26,33H,6,13-19H2,1-4H3/b27-25+. The summed E-state index contributed by atoms with van der Waals surface area (Å²) in [4.78, 5) is 30.6. The Morgan fingerprint density at radius 3 is 2.38 bits per heavy atom. The van der Waals surface area contributed by atoms with E-state index < -0.39 is 17.7 Å². The van der Waals surface area contributed by atoms with Gasteiger partial charge in [-0.1, -0.05) is 26.0 Å². The van der Waals surface area contributed by atoms with E-state index in [4.69, 9.17) is 18.9 Å². The van der Waals surface area contributed by atoms with Crippen molar-refractivity contribution in [3.63, 3.8) is 0 Å². The first-order chi connectivity index (χ1) is 18.8. The summed E-state index contributed by atoms with van der Waals surface area (Å²) < 4.78 is 22.4. The van der Waals surface area contributed by atoms with Crippen LogP contribution in [0.25, 0.3) is 5.76 Å². The highest BCUT2D eigenvalue weighted by atomic mass is 16.5. The molecule has 9 nitrogen and oxygen atoms in total. The molecule has 1 N–H and O–H groups in total. The SMILES string of the molecule is COc1cccc(C2/C(=C(\O)c3ccc(OCC(C)C)cc3)C(=O)C(=O)N2CCCN2CCOCC2)c1OC. The molecule has 1 amide bonds. The lowest BCUT2D eigenvalue weighted by atomic mass is 9.94. The van der Waals surface area contributed by atoms with E-state index in [0.29, 0.717) is 67.1 Å². The van der Waals surface area contributed by atoms with Crippen LogP contribution in [0.5, 0.6) is 17.2 Å². The molecular weight excluding hydrogens is 500 g/mol. The second-order valence-corrected chi connectivity index (χ2v) is 10.1. The second-order valence-electron chi connectivity index (χ2n) is 10.1. The lowest BCUT2D eigenvalue weighted by Crippen LogP contribution is -2.39. The van der Waals surface area contributed by atoms with Crippen molar-refractivity contribution in [3.05, 3.63) is 59.2 Å². The van der Waals surface area contributed by atoms with E-state index in [1.165, 1.54) is 19.1 Å². The number of aliphatic hydroxyl groups is 1. The van der Waals surface area contributed by atoms with Gasteiger partial charge in [0.15, 0.2) is 11.5 Å². The first-order valence-corrected chi connectivity index (χ1v) is 13.4. The van der Waals surface area contributed by atoms with E-state index in [0.717, 1.165) is 19.6 Å². The van der Waals surface area contributed by atoms with Crippen LogP contribution in [-0.4, -0.2) is 86.8 Å². The average Bonchev–Trinajstić information content (AvgIpc) is 3.21. The zero-order chi connectivity index (χ0) is 27.9. The fourth-order valence-corrected chi connectivity index (χ4v) is 4.98. The van der Waals surface area contributed by atoms with Gasteiger partial charge in [-0.05, 0) is 42.7 Å². The molecule has 2 heterocycles. The van der Waals surface area contributed by atoms with E-state index in [2.05, 4.69) is 18.7 Å². The molecule has 0 radical (unpaired) electrons. The van der Waals surface area contributed by atoms with Crippen LogP contribution in [0.15, 0.2) is 48.0 Å². The molecular formula is C30H38N2O7. The Hall–Kier alpha value is -3.56. The van der Waals surface area contributed by atoms with Crippen molar-refractivity contribution in [2.24, 2.45) is 5.92 Å². The quantitative estimate of drug-likeness (QED) is 0.262. The average molecular weight is 539 g/mol. The van der Waals surface area contributed by atoms with Crippen LogP contribution in [0, 0.1) is 5.92 Å². The van der Waals surface area contributed by atoms with Gasteiger partial charge >= 0.3 is 0 Å². The maximum atomic E-state index is 13.4. The van der Waals surface area contributed by atoms with Crippen molar-refractivity contribution >= 4 is 17.4 Å². The maximum absolute atomic E-state index is 13.4. The number of likely N-dealkylation sites (tertiary alicyclic amines) is 1. The summed E-state index contributed by atoms with van der Waals surface area (Å²) in [5.41, 5.74) is 1.01. The zero-order valence-electron chi connectivity index (χ0n) is 23.1. The molecule has 2 saturated heterocycles. The van der Waals surface area contributed by atoms with Gasteiger partial charge in [-0.15, -0.1) is 0 Å². The van der Waals surface area contributed by atoms with Crippen LogP contribution < -0.4 is 14.2 Å². The molecule has 2 aliphatic rings. The van der Waals surface area contributed by atoms with Crippen LogP contribution in [-0.2, 0) is 14.3 Å². The Morgan fingerprint density at radius 1 is 1.03 bits per heavy atom. The van der Waals surface area contributed by atoms with Crippen molar-refractivity contribution in [2.75, 3.05) is 60.2 Å². The third kappa shape index (κ3) is 6.37. The number of benzene rings is 2. The fraction of sp³-hybridized carbons (Fsp3) is 0.467. The monoisotopic (exact) mass is 538 g/mol. The molecule has 0 spiro atoms. The van der Waals surface area contributed by atoms with Gasteiger partial charge in [-0.2, -0.15) is 0 Å². The number of ether oxygens (including phenoxy) is 4. The maximum Gasteiger partial charge on any atom is 0.295 e. The molecule has 1 unspecified atom stereocenters. The van der Waals surface area contributed by atoms with Crippen LogP contribution in [0.4, 0.5) is 0 Å². The number of hydrogen-bond donors (Lipinski definition) is 1. The molecule has 4 rings (SSSR count). The summed E-state index contributed by atoms with van der Waals surface area (Å²) in [5.74, 6) is 0.299. The lowest BCUT2D eigenvalue weighted by molar-refractivity contribution is -0.140. The number of carbonyl (C=O) groups is 2. The van der Waals surface area contributed by atoms with Crippen molar-refractivity contribution in [1.29, 1.82) is 0 Å². The minimum Gasteiger partial charge on any atom is -0.507 e. The Morgan fingerprint density at radius 2 is 1.74 bits per heavy atom. The van der Waals surface area contributed by atoms with E-state index in [1.54, 1.807) is 42.5 Å². The smallest absolute Gasteiger partial charge is 0.295 e. The second kappa shape index (κ2) is 13.0. The number of para-hydroxylation sites is 1. The van der Waals surface area contributed by atoms with Crippen molar-refractivity contribution in [3.8, 4) is 17.2 Å². The number of rotatable bonds is 11. The van der Waals surface area contributed by atoms with Gasteiger partial charge in [0.1, 0.15) is 11.5 Å². The van der Waals surface area contributed by atoms with E-state index in [1.807, 2.05) is 0 Å². The van der Waals surface area contributed by atoms with Gasteiger partial charge in [0.2, 0.25) is 0 Å². The number of ketones is 1. The van der Waals surface area contributed by atoms with Gasteiger partial charge in [-0.3, -0.25) is 14.5 Å². The van der Waals surface area contributed by atoms with Crippen molar-refractivity contribution in [1.82, 2.24) is 9.80 Å². The van der Waals surface area contributed by atoms with Gasteiger partial charge in [-0.25, -0.2) is 0 Å². The molecule has 2 aromatic rings. The lowest BCUT2D eigenvalue weighted by Gasteiger charge is -2.30. The van der Waals surface area contributed by atoms with Gasteiger partial charge in [0, 0.05) is 37.3 Å². The van der Waals surface area contributed by atoms with E-state index >= 15 is 0 Å². The minimum absolute atomic E-state index is 0.0220. The highest BCUT2D eigenvalue weighted by Gasteiger charge is 2.47. The topological polar surface area (TPSA) is 97.8 Å². The number of carbonyl (C=O) groups excluding carboxylic acids is 2. The van der Waals surface area contributed by atoms with Crippen molar-refractivity contribution in [2.45, 2.75) is 26.3 Å². The summed E-state index contributed by atoms with van der Waals surface area (Å²) >= 11 is 0. The summed E-state index contributed by atoms with van der Waals surface area (Å²) in [6.45, 7) is 8.85. The predicted molar refractivity (Wildman–Crippen MR) is 147 cm³/mol. The molecule has 0 aliphatic carbocycles. The number of amides is 1. The molecule has 2 aromatic carbocycles. The summed E-state index contributed by atoms with van der Waals surface area (Å²) in [6, 6.07) is 11.4. The zero-order valence-corrected chi connectivity index (χ0v) is 23.1. The Kier molecular flexibility index (Phi) is 9.48. The normalized spacial score (nSPS) is 19.5. The van der Waals surface area contributed by atoms with Crippen molar-refractivity contribution < 1.29 is 33.6 Å². The van der Waals surface area contributed by atoms with Crippen LogP contribution >= 0.6 is 0 Å². The first-order valence-electron chi connectivity index (χ1n) is 13.4. The molecule has 0 aromatic heterocycles. The summed E-state index contributed by atoms with van der Waals surface area (Å²) in [5, 5.41) is 11.4. The van der Waals surface area contributed by atoms with Crippen LogP contribution in [0.2, 0.25) is 0 Å². The Labute approximate surface area is 229 Å². The largest absolute Gasteiger partial charge is 0.507 e. The molecule has 2 fully saturated rings. The Bertz CT molecular complexity index is 1190. The third-order valence-electron chi connectivity index (χ3n) is 6.96. The fourth-order valence-electron chi connectivity index (χ4n) is 4.98. The highest BCUT2D eigenvalue weighted by molar-refractivity contribution is 6.46. The van der Waals surface area contributed by atoms with Crippen LogP contribution in [0.3, 0.4) is 0 Å². The number of aliphatic hydroxyl groups excluding tert-OH is 1. The Balaban J connectivity index is 1.71. The molecule has 0 saturated carbocycles. The van der Waals surface area contributed by atoms with Crippen LogP contribution in [0.1, 0.15) is 37.4 Å².